The van der Waals surface area contributed by atoms with Crippen molar-refractivity contribution >= 4 is 29.0 Å². The van der Waals surface area contributed by atoms with Crippen LogP contribution >= 0.6 is 11.6 Å². The Morgan fingerprint density at radius 1 is 1.14 bits per heavy atom. The van der Waals surface area contributed by atoms with Crippen LogP contribution in [0.25, 0.3) is 11.5 Å². The summed E-state index contributed by atoms with van der Waals surface area (Å²) in [4.78, 5) is 17.6. The number of halogens is 1. The Hall–Kier alpha value is -4.49. The fourth-order valence-electron chi connectivity index (χ4n) is 3.79. The minimum absolute atomic E-state index is 0.221. The highest BCUT2D eigenvalue weighted by Crippen LogP contribution is 2.27. The Kier molecular flexibility index (Phi) is 6.23. The van der Waals surface area contributed by atoms with Crippen molar-refractivity contribution in [1.29, 1.82) is 5.26 Å². The smallest absolute Gasteiger partial charge is 0.334 e. The van der Waals surface area contributed by atoms with Crippen molar-refractivity contribution < 1.29 is 9.32 Å². The fourth-order valence-corrected chi connectivity index (χ4v) is 3.92. The molecule has 1 aliphatic rings. The van der Waals surface area contributed by atoms with Crippen molar-refractivity contribution in [2.45, 2.75) is 32.2 Å². The lowest BCUT2D eigenvalue weighted by Gasteiger charge is -2.16. The molecule has 11 heteroatoms. The number of carbonyl (C=O) groups excluding carboxylic acids is 1. The van der Waals surface area contributed by atoms with Crippen LogP contribution in [0.4, 0.5) is 10.5 Å². The van der Waals surface area contributed by atoms with Crippen LogP contribution in [0.1, 0.15) is 43.8 Å². The van der Waals surface area contributed by atoms with E-state index in [-0.39, 0.29) is 18.0 Å². The van der Waals surface area contributed by atoms with Gasteiger partial charge >= 0.3 is 6.03 Å². The number of hydrazone groups is 1. The minimum Gasteiger partial charge on any atom is -0.334 e. The van der Waals surface area contributed by atoms with Gasteiger partial charge in [0.05, 0.1) is 24.0 Å². The molecular formula is C26H23ClN8O2. The summed E-state index contributed by atoms with van der Waals surface area (Å²) in [7, 11) is 0. The minimum atomic E-state index is -0.401. The number of urea groups is 1. The van der Waals surface area contributed by atoms with Gasteiger partial charge in [0.25, 0.3) is 5.89 Å². The molecule has 4 aromatic rings. The van der Waals surface area contributed by atoms with Gasteiger partial charge in [-0.1, -0.05) is 49.7 Å². The van der Waals surface area contributed by atoms with Gasteiger partial charge in [-0.05, 0) is 36.4 Å². The third-order valence-electron chi connectivity index (χ3n) is 5.79. The molecule has 1 atom stereocenters. The van der Waals surface area contributed by atoms with Crippen molar-refractivity contribution in [3.8, 4) is 17.5 Å². The highest BCUT2D eigenvalue weighted by atomic mass is 35.5. The Balaban J connectivity index is 1.34. The largest absolute Gasteiger partial charge is 0.342 e. The van der Waals surface area contributed by atoms with Gasteiger partial charge in [0.15, 0.2) is 5.82 Å². The number of aromatic nitrogens is 4. The first kappa shape index (κ1) is 24.2. The number of anilines is 1. The summed E-state index contributed by atoms with van der Waals surface area (Å²) in [6.45, 7) is 6.28. The lowest BCUT2D eigenvalue weighted by atomic mass is 9.96. The second-order valence-corrected chi connectivity index (χ2v) is 10.0. The van der Waals surface area contributed by atoms with Gasteiger partial charge < -0.3 is 9.84 Å². The molecule has 1 N–H and O–H groups in total. The Morgan fingerprint density at radius 3 is 2.46 bits per heavy atom. The number of benzene rings is 2. The molecule has 2 amide bonds. The first-order valence-electron chi connectivity index (χ1n) is 11.5. The van der Waals surface area contributed by atoms with Crippen LogP contribution in [0.3, 0.4) is 0 Å². The van der Waals surface area contributed by atoms with E-state index in [9.17, 15) is 10.1 Å². The Labute approximate surface area is 218 Å². The molecule has 0 fully saturated rings. The Morgan fingerprint density at radius 2 is 1.84 bits per heavy atom. The van der Waals surface area contributed by atoms with Crippen molar-refractivity contribution in [3.63, 3.8) is 0 Å². The molecule has 2 aromatic carbocycles. The van der Waals surface area contributed by atoms with Gasteiger partial charge in [-0.2, -0.15) is 20.4 Å². The highest BCUT2D eigenvalue weighted by Gasteiger charge is 2.33. The maximum absolute atomic E-state index is 13.1. The molecule has 0 bridgehead atoms. The van der Waals surface area contributed by atoms with Crippen LogP contribution in [-0.2, 0) is 5.41 Å². The molecule has 0 spiro atoms. The summed E-state index contributed by atoms with van der Waals surface area (Å²) >= 11 is 6.05. The lowest BCUT2D eigenvalue weighted by molar-refractivity contribution is 0.215. The topological polar surface area (TPSA) is 125 Å². The van der Waals surface area contributed by atoms with E-state index in [4.69, 9.17) is 16.1 Å². The number of hydrogen-bond acceptors (Lipinski definition) is 7. The van der Waals surface area contributed by atoms with Gasteiger partial charge in [0, 0.05) is 33.4 Å². The molecule has 37 heavy (non-hydrogen) atoms. The van der Waals surface area contributed by atoms with Crippen LogP contribution in [0.5, 0.6) is 0 Å². The molecule has 0 aliphatic carbocycles. The van der Waals surface area contributed by atoms with Crippen molar-refractivity contribution in [1.82, 2.24) is 24.9 Å². The van der Waals surface area contributed by atoms with Gasteiger partial charge in [-0.25, -0.2) is 9.80 Å². The molecule has 2 aromatic heterocycles. The van der Waals surface area contributed by atoms with E-state index in [1.54, 1.807) is 47.3 Å². The summed E-state index contributed by atoms with van der Waals surface area (Å²) in [6.07, 6.45) is 3.12. The van der Waals surface area contributed by atoms with Gasteiger partial charge in [-0.15, -0.1) is 0 Å². The standard InChI is InChI=1S/C26H23ClN8O2/c1-26(2,3)24-31-23(37-33-24)18-6-10-20(11-7-18)30-25(36)35-15-21(34-14-16(12-28)13-29-34)22(32-35)17-4-8-19(27)9-5-17/h4-11,13-14,21H,15H2,1-3H3,(H,30,36). The lowest BCUT2D eigenvalue weighted by Crippen LogP contribution is -2.31. The molecule has 0 saturated heterocycles. The second-order valence-electron chi connectivity index (χ2n) is 9.59. The highest BCUT2D eigenvalue weighted by molar-refractivity contribution is 6.30. The molecule has 5 rings (SSSR count). The zero-order chi connectivity index (χ0) is 26.2. The summed E-state index contributed by atoms with van der Waals surface area (Å²) in [5.41, 5.74) is 2.98. The molecule has 0 radical (unpaired) electrons. The molecule has 3 heterocycles. The van der Waals surface area contributed by atoms with Crippen LogP contribution in [0, 0.1) is 11.3 Å². The predicted octanol–water partition coefficient (Wildman–Crippen LogP) is 5.25. The number of amides is 2. The van der Waals surface area contributed by atoms with Crippen molar-refractivity contribution in [2.24, 2.45) is 5.10 Å². The maximum Gasteiger partial charge on any atom is 0.342 e. The predicted molar refractivity (Wildman–Crippen MR) is 138 cm³/mol. The van der Waals surface area contributed by atoms with Gasteiger partial charge in [-0.3, -0.25) is 4.68 Å². The third-order valence-corrected chi connectivity index (χ3v) is 6.05. The van der Waals surface area contributed by atoms with Crippen molar-refractivity contribution in [3.05, 3.63) is 82.9 Å². The second kappa shape index (κ2) is 9.52. The summed E-state index contributed by atoms with van der Waals surface area (Å²) in [5.74, 6) is 1.04. The number of nitrogens with one attached hydrogen (secondary N) is 1. The number of carbonyl (C=O) groups is 1. The molecule has 186 valence electrons. The van der Waals surface area contributed by atoms with Crippen LogP contribution in [-0.4, -0.2) is 43.2 Å². The Bertz CT molecular complexity index is 1510. The average molecular weight is 515 g/mol. The zero-order valence-corrected chi connectivity index (χ0v) is 21.1. The molecule has 0 saturated carbocycles. The fraction of sp³-hybridized carbons (Fsp3) is 0.231. The average Bonchev–Trinajstić information content (AvgIpc) is 3.64. The summed E-state index contributed by atoms with van der Waals surface area (Å²) in [5, 5.41) is 27.0. The first-order chi connectivity index (χ1) is 17.7. The van der Waals surface area contributed by atoms with Crippen LogP contribution < -0.4 is 5.32 Å². The summed E-state index contributed by atoms with van der Waals surface area (Å²) in [6, 6.07) is 15.6. The number of nitrogens with zero attached hydrogens (tertiary/aromatic N) is 7. The van der Waals surface area contributed by atoms with E-state index in [1.165, 1.54) is 11.2 Å². The van der Waals surface area contributed by atoms with Gasteiger partial charge in [0.2, 0.25) is 0 Å². The van der Waals surface area contributed by atoms with E-state index in [0.717, 1.165) is 11.1 Å². The van der Waals surface area contributed by atoms with Crippen molar-refractivity contribution in [2.75, 3.05) is 11.9 Å². The summed E-state index contributed by atoms with van der Waals surface area (Å²) < 4.78 is 7.04. The van der Waals surface area contributed by atoms with E-state index < -0.39 is 6.03 Å². The maximum atomic E-state index is 13.1. The van der Waals surface area contributed by atoms with E-state index in [0.29, 0.717) is 33.7 Å². The quantitative estimate of drug-likeness (QED) is 0.396. The molecular weight excluding hydrogens is 492 g/mol. The van der Waals surface area contributed by atoms with Crippen LogP contribution in [0.2, 0.25) is 5.02 Å². The molecule has 1 unspecified atom stereocenters. The monoisotopic (exact) mass is 514 g/mol. The number of nitriles is 1. The third kappa shape index (κ3) is 5.08. The first-order valence-corrected chi connectivity index (χ1v) is 11.9. The molecule has 10 nitrogen and oxygen atoms in total. The van der Waals surface area contributed by atoms with E-state index in [1.807, 2.05) is 32.9 Å². The van der Waals surface area contributed by atoms with E-state index in [2.05, 4.69) is 31.7 Å². The number of rotatable bonds is 4. The van der Waals surface area contributed by atoms with Crippen LogP contribution in [0.15, 0.2) is 70.5 Å². The molecule has 1 aliphatic heterocycles. The number of hydrogen-bond donors (Lipinski definition) is 1. The van der Waals surface area contributed by atoms with Gasteiger partial charge in [0.1, 0.15) is 12.1 Å². The SMILES string of the molecule is CC(C)(C)c1noc(-c2ccc(NC(=O)N3CC(n4cc(C#N)cn4)C(c4ccc(Cl)cc4)=N3)cc2)n1. The normalized spacial score (nSPS) is 15.4. The zero-order valence-electron chi connectivity index (χ0n) is 20.4. The van der Waals surface area contributed by atoms with E-state index >= 15 is 0 Å².